The minimum atomic E-state index is 0.0705. The summed E-state index contributed by atoms with van der Waals surface area (Å²) in [4.78, 5) is 13.3. The number of carbonyl (C=O) groups excluding carboxylic acids is 1. The Morgan fingerprint density at radius 2 is 2.18 bits per heavy atom. The number of nitrogens with one attached hydrogen (secondary N) is 1. The average Bonchev–Trinajstić information content (AvgIpc) is 2.32. The van der Waals surface area contributed by atoms with Gasteiger partial charge in [0.05, 0.1) is 0 Å². The van der Waals surface area contributed by atoms with Crippen LogP contribution in [0, 0.1) is 6.92 Å². The van der Waals surface area contributed by atoms with Crippen molar-refractivity contribution in [1.29, 1.82) is 0 Å². The van der Waals surface area contributed by atoms with Crippen LogP contribution in [0.4, 0.5) is 5.69 Å². The number of benzene rings is 1. The summed E-state index contributed by atoms with van der Waals surface area (Å²) < 4.78 is 0. The quantitative estimate of drug-likeness (QED) is 0.753. The molecule has 1 rings (SSSR count). The molecule has 3 N–H and O–H groups in total. The second kappa shape index (κ2) is 6.25. The zero-order chi connectivity index (χ0) is 12.8. The zero-order valence-electron chi connectivity index (χ0n) is 10.8. The number of nitrogens with zero attached hydrogens (tertiary/aromatic N) is 1. The highest BCUT2D eigenvalue weighted by Crippen LogP contribution is 2.16. The van der Waals surface area contributed by atoms with Crippen LogP contribution >= 0.6 is 0 Å². The maximum Gasteiger partial charge on any atom is 0.221 e. The number of amides is 1. The van der Waals surface area contributed by atoms with Crippen molar-refractivity contribution in [3.05, 3.63) is 29.3 Å². The van der Waals surface area contributed by atoms with Crippen LogP contribution in [-0.2, 0) is 11.3 Å². The predicted octanol–water partition coefficient (Wildman–Crippen LogP) is 1.15. The highest BCUT2D eigenvalue weighted by atomic mass is 16.1. The molecule has 1 amide bonds. The van der Waals surface area contributed by atoms with Crippen LogP contribution in [0.1, 0.15) is 17.5 Å². The molecule has 17 heavy (non-hydrogen) atoms. The van der Waals surface area contributed by atoms with Gasteiger partial charge in [-0.05, 0) is 31.2 Å². The van der Waals surface area contributed by atoms with Crippen molar-refractivity contribution >= 4 is 11.6 Å². The SMILES string of the molecule is CNC(=O)CCN(C)Cc1cccc(N)c1C. The van der Waals surface area contributed by atoms with Gasteiger partial charge in [0.15, 0.2) is 0 Å². The summed E-state index contributed by atoms with van der Waals surface area (Å²) in [5.74, 6) is 0.0705. The van der Waals surface area contributed by atoms with Crippen molar-refractivity contribution in [3.8, 4) is 0 Å². The Bertz CT molecular complexity index is 390. The third-order valence-corrected chi connectivity index (χ3v) is 2.93. The largest absolute Gasteiger partial charge is 0.399 e. The van der Waals surface area contributed by atoms with E-state index in [1.807, 2.05) is 26.1 Å². The normalized spacial score (nSPS) is 10.6. The van der Waals surface area contributed by atoms with Crippen molar-refractivity contribution in [2.24, 2.45) is 0 Å². The van der Waals surface area contributed by atoms with Gasteiger partial charge in [0.1, 0.15) is 0 Å². The van der Waals surface area contributed by atoms with Crippen molar-refractivity contribution in [3.63, 3.8) is 0 Å². The molecule has 0 saturated carbocycles. The minimum absolute atomic E-state index is 0.0705. The molecule has 0 unspecified atom stereocenters. The van der Waals surface area contributed by atoms with Gasteiger partial charge in [-0.15, -0.1) is 0 Å². The smallest absolute Gasteiger partial charge is 0.221 e. The summed E-state index contributed by atoms with van der Waals surface area (Å²) in [5, 5.41) is 2.62. The molecule has 94 valence electrons. The lowest BCUT2D eigenvalue weighted by molar-refractivity contribution is -0.120. The average molecular weight is 235 g/mol. The maximum absolute atomic E-state index is 11.1. The van der Waals surface area contributed by atoms with Crippen molar-refractivity contribution < 1.29 is 4.79 Å². The number of hydrogen-bond donors (Lipinski definition) is 2. The second-order valence-electron chi connectivity index (χ2n) is 4.29. The summed E-state index contributed by atoms with van der Waals surface area (Å²) in [6.07, 6.45) is 0.522. The monoisotopic (exact) mass is 235 g/mol. The molecular weight excluding hydrogens is 214 g/mol. The van der Waals surface area contributed by atoms with Gasteiger partial charge in [-0.3, -0.25) is 4.79 Å². The Morgan fingerprint density at radius 3 is 2.82 bits per heavy atom. The molecule has 4 nitrogen and oxygen atoms in total. The highest BCUT2D eigenvalue weighted by molar-refractivity contribution is 5.75. The van der Waals surface area contributed by atoms with Gasteiger partial charge in [0.25, 0.3) is 0 Å². The highest BCUT2D eigenvalue weighted by Gasteiger charge is 2.06. The maximum atomic E-state index is 11.1. The number of nitrogens with two attached hydrogens (primary N) is 1. The molecule has 0 aliphatic rings. The first kappa shape index (κ1) is 13.5. The molecule has 1 aromatic rings. The van der Waals surface area contributed by atoms with Crippen LogP contribution in [0.15, 0.2) is 18.2 Å². The molecule has 0 bridgehead atoms. The topological polar surface area (TPSA) is 58.4 Å². The van der Waals surface area contributed by atoms with E-state index in [9.17, 15) is 4.79 Å². The van der Waals surface area contributed by atoms with Crippen molar-refractivity contribution in [2.75, 3.05) is 26.4 Å². The first-order valence-corrected chi connectivity index (χ1v) is 5.77. The summed E-state index contributed by atoms with van der Waals surface area (Å²) >= 11 is 0. The molecule has 1 aromatic carbocycles. The second-order valence-corrected chi connectivity index (χ2v) is 4.29. The van der Waals surface area contributed by atoms with E-state index in [-0.39, 0.29) is 5.91 Å². The third kappa shape index (κ3) is 4.07. The molecule has 0 atom stereocenters. The van der Waals surface area contributed by atoms with E-state index in [1.54, 1.807) is 7.05 Å². The van der Waals surface area contributed by atoms with Gasteiger partial charge in [-0.25, -0.2) is 0 Å². The van der Waals surface area contributed by atoms with Crippen LogP contribution in [0.3, 0.4) is 0 Å². The predicted molar refractivity (Wildman–Crippen MR) is 70.6 cm³/mol. The van der Waals surface area contributed by atoms with E-state index in [0.717, 1.165) is 24.3 Å². The number of nitrogen functional groups attached to an aromatic ring is 1. The number of carbonyl (C=O) groups is 1. The van der Waals surface area contributed by atoms with E-state index >= 15 is 0 Å². The summed E-state index contributed by atoms with van der Waals surface area (Å²) in [6, 6.07) is 5.94. The van der Waals surface area contributed by atoms with Crippen molar-refractivity contribution in [2.45, 2.75) is 19.9 Å². The summed E-state index contributed by atoms with van der Waals surface area (Å²) in [6.45, 7) is 3.58. The van der Waals surface area contributed by atoms with Crippen LogP contribution < -0.4 is 11.1 Å². The molecule has 0 saturated heterocycles. The fraction of sp³-hybridized carbons (Fsp3) is 0.462. The summed E-state index contributed by atoms with van der Waals surface area (Å²) in [7, 11) is 3.66. The van der Waals surface area contributed by atoms with E-state index in [2.05, 4.69) is 16.3 Å². The van der Waals surface area contributed by atoms with Gasteiger partial charge >= 0.3 is 0 Å². The van der Waals surface area contributed by atoms with Gasteiger partial charge in [0, 0.05) is 32.2 Å². The van der Waals surface area contributed by atoms with Gasteiger partial charge in [-0.1, -0.05) is 12.1 Å². The lowest BCUT2D eigenvalue weighted by Crippen LogP contribution is -2.26. The molecule has 0 radical (unpaired) electrons. The van der Waals surface area contributed by atoms with E-state index in [1.165, 1.54) is 5.56 Å². The number of rotatable bonds is 5. The lowest BCUT2D eigenvalue weighted by Gasteiger charge is -2.18. The molecule has 0 fully saturated rings. The van der Waals surface area contributed by atoms with Crippen LogP contribution in [-0.4, -0.2) is 31.4 Å². The molecular formula is C13H21N3O. The Kier molecular flexibility index (Phi) is 4.97. The molecule has 0 heterocycles. The third-order valence-electron chi connectivity index (χ3n) is 2.93. The first-order chi connectivity index (χ1) is 8.04. The van der Waals surface area contributed by atoms with Gasteiger partial charge < -0.3 is 16.0 Å². The Hall–Kier alpha value is -1.55. The van der Waals surface area contributed by atoms with Crippen LogP contribution in [0.25, 0.3) is 0 Å². The molecule has 4 heteroatoms. The summed E-state index contributed by atoms with van der Waals surface area (Å²) in [5.41, 5.74) is 9.02. The minimum Gasteiger partial charge on any atom is -0.399 e. The molecule has 0 aliphatic heterocycles. The Labute approximate surface area is 103 Å². The van der Waals surface area contributed by atoms with E-state index in [0.29, 0.717) is 6.42 Å². The van der Waals surface area contributed by atoms with E-state index in [4.69, 9.17) is 5.73 Å². The molecule has 0 spiro atoms. The van der Waals surface area contributed by atoms with E-state index < -0.39 is 0 Å². The van der Waals surface area contributed by atoms with Gasteiger partial charge in [0.2, 0.25) is 5.91 Å². The Balaban J connectivity index is 2.53. The zero-order valence-corrected chi connectivity index (χ0v) is 10.8. The van der Waals surface area contributed by atoms with Gasteiger partial charge in [-0.2, -0.15) is 0 Å². The molecule has 0 aromatic heterocycles. The van der Waals surface area contributed by atoms with Crippen LogP contribution in [0.2, 0.25) is 0 Å². The fourth-order valence-corrected chi connectivity index (χ4v) is 1.66. The Morgan fingerprint density at radius 1 is 1.47 bits per heavy atom. The van der Waals surface area contributed by atoms with Crippen molar-refractivity contribution in [1.82, 2.24) is 10.2 Å². The number of anilines is 1. The lowest BCUT2D eigenvalue weighted by atomic mass is 10.1. The fourth-order valence-electron chi connectivity index (χ4n) is 1.66. The standard InChI is InChI=1S/C13H21N3O/c1-10-11(5-4-6-12(10)14)9-16(3)8-7-13(17)15-2/h4-6H,7-9,14H2,1-3H3,(H,15,17). The first-order valence-electron chi connectivity index (χ1n) is 5.77. The molecule has 0 aliphatic carbocycles. The van der Waals surface area contributed by atoms with Crippen LogP contribution in [0.5, 0.6) is 0 Å². The number of hydrogen-bond acceptors (Lipinski definition) is 3.